The molecule has 1 fully saturated rings. The van der Waals surface area contributed by atoms with Gasteiger partial charge in [0.15, 0.2) is 0 Å². The van der Waals surface area contributed by atoms with E-state index in [1.165, 1.54) is 0 Å². The Morgan fingerprint density at radius 3 is 2.22 bits per heavy atom. The Hall–Kier alpha value is -1.06. The molecule has 0 aliphatic carbocycles. The van der Waals surface area contributed by atoms with Crippen LogP contribution >= 0.6 is 0 Å². The number of aliphatic carboxylic acids is 1. The summed E-state index contributed by atoms with van der Waals surface area (Å²) in [6, 6.07) is 0.206. The van der Waals surface area contributed by atoms with Gasteiger partial charge in [-0.05, 0) is 25.2 Å². The van der Waals surface area contributed by atoms with E-state index in [9.17, 15) is 9.59 Å². The molecule has 0 aromatic rings. The minimum Gasteiger partial charge on any atom is -0.481 e. The molecule has 1 saturated heterocycles. The first-order chi connectivity index (χ1) is 8.25. The number of carboxylic acids is 1. The zero-order valence-corrected chi connectivity index (χ0v) is 12.0. The molecule has 1 rings (SSSR count). The van der Waals surface area contributed by atoms with Crippen LogP contribution in [0.15, 0.2) is 0 Å². The van der Waals surface area contributed by atoms with Crippen LogP contribution in [0.25, 0.3) is 0 Å². The summed E-state index contributed by atoms with van der Waals surface area (Å²) in [7, 11) is 0. The van der Waals surface area contributed by atoms with Crippen molar-refractivity contribution in [3.63, 3.8) is 0 Å². The predicted molar refractivity (Wildman–Crippen MR) is 70.1 cm³/mol. The van der Waals surface area contributed by atoms with E-state index < -0.39 is 17.8 Å². The first kappa shape index (κ1) is 15.0. The fraction of sp³-hybridized carbons (Fsp3) is 0.857. The molecule has 0 spiro atoms. The van der Waals surface area contributed by atoms with Gasteiger partial charge in [0.25, 0.3) is 0 Å². The number of carbonyl (C=O) groups excluding carboxylic acids is 1. The number of likely N-dealkylation sites (tertiary alicyclic amines) is 1. The quantitative estimate of drug-likeness (QED) is 0.841. The standard InChI is InChI=1S/C14H25NO3/c1-8-6-9(2)12(5)15(7-8)13(16)10(3)11(4)14(17)18/h8-12H,6-7H2,1-5H3,(H,17,18). The first-order valence-electron chi connectivity index (χ1n) is 6.79. The van der Waals surface area contributed by atoms with Crippen molar-refractivity contribution in [3.05, 3.63) is 0 Å². The van der Waals surface area contributed by atoms with Crippen molar-refractivity contribution in [2.45, 2.75) is 47.1 Å². The molecule has 5 unspecified atom stereocenters. The van der Waals surface area contributed by atoms with Crippen LogP contribution in [-0.4, -0.2) is 34.5 Å². The van der Waals surface area contributed by atoms with Gasteiger partial charge in [-0.25, -0.2) is 0 Å². The second kappa shape index (κ2) is 5.72. The molecular weight excluding hydrogens is 230 g/mol. The van der Waals surface area contributed by atoms with Crippen LogP contribution < -0.4 is 0 Å². The van der Waals surface area contributed by atoms with Crippen LogP contribution in [0.3, 0.4) is 0 Å². The van der Waals surface area contributed by atoms with E-state index >= 15 is 0 Å². The van der Waals surface area contributed by atoms with Gasteiger partial charge in [-0.3, -0.25) is 9.59 Å². The summed E-state index contributed by atoms with van der Waals surface area (Å²) < 4.78 is 0. The van der Waals surface area contributed by atoms with E-state index in [4.69, 9.17) is 5.11 Å². The largest absolute Gasteiger partial charge is 0.481 e. The van der Waals surface area contributed by atoms with Crippen molar-refractivity contribution in [2.75, 3.05) is 6.54 Å². The number of carbonyl (C=O) groups is 2. The SMILES string of the molecule is CC1CC(C)C(C)N(C(=O)C(C)C(C)C(=O)O)C1. The maximum absolute atomic E-state index is 12.4. The van der Waals surface area contributed by atoms with Crippen molar-refractivity contribution in [1.82, 2.24) is 4.90 Å². The lowest BCUT2D eigenvalue weighted by molar-refractivity contribution is -0.151. The van der Waals surface area contributed by atoms with Gasteiger partial charge in [-0.2, -0.15) is 0 Å². The van der Waals surface area contributed by atoms with Crippen LogP contribution in [0.4, 0.5) is 0 Å². The highest BCUT2D eigenvalue weighted by Gasteiger charge is 2.36. The maximum Gasteiger partial charge on any atom is 0.307 e. The average Bonchev–Trinajstić information content (AvgIpc) is 2.30. The number of hydrogen-bond acceptors (Lipinski definition) is 2. The Balaban J connectivity index is 2.79. The Labute approximate surface area is 109 Å². The van der Waals surface area contributed by atoms with Crippen LogP contribution in [-0.2, 0) is 9.59 Å². The number of amides is 1. The van der Waals surface area contributed by atoms with Gasteiger partial charge < -0.3 is 10.0 Å². The Bertz CT molecular complexity index is 329. The molecule has 0 bridgehead atoms. The van der Waals surface area contributed by atoms with Gasteiger partial charge in [-0.1, -0.05) is 27.7 Å². The smallest absolute Gasteiger partial charge is 0.307 e. The molecule has 4 heteroatoms. The Morgan fingerprint density at radius 2 is 1.72 bits per heavy atom. The van der Waals surface area contributed by atoms with Crippen LogP contribution in [0.5, 0.6) is 0 Å². The molecule has 0 radical (unpaired) electrons. The molecule has 1 heterocycles. The molecule has 1 amide bonds. The third-order valence-electron chi connectivity index (χ3n) is 4.41. The summed E-state index contributed by atoms with van der Waals surface area (Å²) >= 11 is 0. The second-order valence-electron chi connectivity index (χ2n) is 5.96. The van der Waals surface area contributed by atoms with E-state index in [-0.39, 0.29) is 11.9 Å². The van der Waals surface area contributed by atoms with Gasteiger partial charge in [0.2, 0.25) is 5.91 Å². The number of carboxylic acid groups (broad SMARTS) is 1. The number of piperidine rings is 1. The highest BCUT2D eigenvalue weighted by Crippen LogP contribution is 2.29. The van der Waals surface area contributed by atoms with Gasteiger partial charge in [-0.15, -0.1) is 0 Å². The zero-order valence-electron chi connectivity index (χ0n) is 12.0. The van der Waals surface area contributed by atoms with Gasteiger partial charge in [0.1, 0.15) is 0 Å². The predicted octanol–water partition coefficient (Wildman–Crippen LogP) is 2.24. The number of hydrogen-bond donors (Lipinski definition) is 1. The second-order valence-corrected chi connectivity index (χ2v) is 5.96. The number of rotatable bonds is 3. The monoisotopic (exact) mass is 255 g/mol. The molecule has 104 valence electrons. The van der Waals surface area contributed by atoms with Crippen LogP contribution in [0, 0.1) is 23.7 Å². The van der Waals surface area contributed by atoms with Crippen molar-refractivity contribution >= 4 is 11.9 Å². The Kier molecular flexibility index (Phi) is 4.77. The van der Waals surface area contributed by atoms with E-state index in [0.29, 0.717) is 11.8 Å². The highest BCUT2D eigenvalue weighted by atomic mass is 16.4. The molecule has 0 aromatic carbocycles. The van der Waals surface area contributed by atoms with Gasteiger partial charge in [0.05, 0.1) is 5.92 Å². The topological polar surface area (TPSA) is 57.6 Å². The molecular formula is C14H25NO3. The third-order valence-corrected chi connectivity index (χ3v) is 4.41. The van der Waals surface area contributed by atoms with Crippen molar-refractivity contribution < 1.29 is 14.7 Å². The molecule has 1 N–H and O–H groups in total. The number of nitrogens with zero attached hydrogens (tertiary/aromatic N) is 1. The Morgan fingerprint density at radius 1 is 1.17 bits per heavy atom. The van der Waals surface area contributed by atoms with E-state index in [1.807, 2.05) is 4.90 Å². The van der Waals surface area contributed by atoms with Crippen LogP contribution in [0.2, 0.25) is 0 Å². The van der Waals surface area contributed by atoms with Crippen molar-refractivity contribution in [1.29, 1.82) is 0 Å². The van der Waals surface area contributed by atoms with Gasteiger partial charge >= 0.3 is 5.97 Å². The lowest BCUT2D eigenvalue weighted by Crippen LogP contribution is -2.51. The normalized spacial score (nSPS) is 31.8. The molecule has 1 aliphatic heterocycles. The van der Waals surface area contributed by atoms with Gasteiger partial charge in [0, 0.05) is 18.5 Å². The third kappa shape index (κ3) is 3.03. The fourth-order valence-corrected chi connectivity index (χ4v) is 2.70. The minimum absolute atomic E-state index is 0.0178. The maximum atomic E-state index is 12.4. The molecule has 5 atom stereocenters. The zero-order chi connectivity index (χ0) is 14.0. The summed E-state index contributed by atoms with van der Waals surface area (Å²) in [6.07, 6.45) is 1.13. The van der Waals surface area contributed by atoms with Crippen molar-refractivity contribution in [3.8, 4) is 0 Å². The molecule has 1 aliphatic rings. The lowest BCUT2D eigenvalue weighted by atomic mass is 9.84. The summed E-state index contributed by atoms with van der Waals surface area (Å²) in [5.41, 5.74) is 0. The summed E-state index contributed by atoms with van der Waals surface area (Å²) in [5, 5.41) is 9.00. The minimum atomic E-state index is -0.901. The summed E-state index contributed by atoms with van der Waals surface area (Å²) in [6.45, 7) is 10.4. The highest BCUT2D eigenvalue weighted by molar-refractivity contribution is 5.84. The van der Waals surface area contributed by atoms with E-state index in [1.54, 1.807) is 13.8 Å². The molecule has 0 saturated carbocycles. The summed E-state index contributed by atoms with van der Waals surface area (Å²) in [4.78, 5) is 25.3. The van der Waals surface area contributed by atoms with Crippen molar-refractivity contribution in [2.24, 2.45) is 23.7 Å². The van der Waals surface area contributed by atoms with Crippen LogP contribution in [0.1, 0.15) is 41.0 Å². The summed E-state index contributed by atoms with van der Waals surface area (Å²) in [5.74, 6) is -1.03. The molecule has 0 aromatic heterocycles. The van der Waals surface area contributed by atoms with E-state index in [2.05, 4.69) is 20.8 Å². The average molecular weight is 255 g/mol. The first-order valence-corrected chi connectivity index (χ1v) is 6.79. The fourth-order valence-electron chi connectivity index (χ4n) is 2.70. The molecule has 4 nitrogen and oxygen atoms in total. The van der Waals surface area contributed by atoms with E-state index in [0.717, 1.165) is 13.0 Å². The lowest BCUT2D eigenvalue weighted by Gasteiger charge is -2.42. The molecule has 18 heavy (non-hydrogen) atoms.